The van der Waals surface area contributed by atoms with Crippen molar-refractivity contribution < 1.29 is 18.0 Å². The Hall–Kier alpha value is -2.91. The van der Waals surface area contributed by atoms with Crippen molar-refractivity contribution in [3.8, 4) is 0 Å². The van der Waals surface area contributed by atoms with E-state index in [4.69, 9.17) is 23.2 Å². The number of nitrogens with one attached hydrogen (secondary N) is 1. The number of amides is 2. The number of rotatable bonds is 15. The normalized spacial score (nSPS) is 12.2. The first-order chi connectivity index (χ1) is 19.6. The second-order valence-corrected chi connectivity index (χ2v) is 12.7. The molecule has 0 bridgehead atoms. The van der Waals surface area contributed by atoms with Crippen LogP contribution in [0.5, 0.6) is 0 Å². The fourth-order valence-corrected chi connectivity index (χ4v) is 6.15. The lowest BCUT2D eigenvalue weighted by Gasteiger charge is -2.32. The first-order valence-corrected chi connectivity index (χ1v) is 15.9. The van der Waals surface area contributed by atoms with E-state index in [1.807, 2.05) is 37.3 Å². The number of nitrogens with zero attached hydrogens (tertiary/aromatic N) is 2. The van der Waals surface area contributed by atoms with E-state index in [9.17, 15) is 18.0 Å². The lowest BCUT2D eigenvalue weighted by Crippen LogP contribution is -2.50. The highest BCUT2D eigenvalue weighted by Crippen LogP contribution is 2.28. The van der Waals surface area contributed by atoms with Crippen molar-refractivity contribution >= 4 is 45.0 Å². The van der Waals surface area contributed by atoms with E-state index in [2.05, 4.69) is 5.32 Å². The molecule has 41 heavy (non-hydrogen) atoms. The smallest absolute Gasteiger partial charge is 0.243 e. The Kier molecular flexibility index (Phi) is 12.7. The third-order valence-corrected chi connectivity index (χ3v) is 9.39. The van der Waals surface area contributed by atoms with E-state index in [-0.39, 0.29) is 42.6 Å². The average Bonchev–Trinajstić information content (AvgIpc) is 2.97. The van der Waals surface area contributed by atoms with Gasteiger partial charge in [-0.1, -0.05) is 91.1 Å². The van der Waals surface area contributed by atoms with Gasteiger partial charge in [-0.05, 0) is 42.7 Å². The van der Waals surface area contributed by atoms with Crippen molar-refractivity contribution in [3.05, 3.63) is 100 Å². The lowest BCUT2D eigenvalue weighted by molar-refractivity contribution is -0.141. The molecule has 0 saturated heterocycles. The molecule has 3 aromatic rings. The van der Waals surface area contributed by atoms with Gasteiger partial charge in [0.2, 0.25) is 21.8 Å². The van der Waals surface area contributed by atoms with Crippen molar-refractivity contribution in [1.82, 2.24) is 14.5 Å². The first-order valence-electron chi connectivity index (χ1n) is 13.7. The summed E-state index contributed by atoms with van der Waals surface area (Å²) < 4.78 is 27.1. The van der Waals surface area contributed by atoms with E-state index in [0.29, 0.717) is 28.6 Å². The van der Waals surface area contributed by atoms with Gasteiger partial charge in [0.15, 0.2) is 0 Å². The Morgan fingerprint density at radius 3 is 2.10 bits per heavy atom. The molecule has 3 aromatic carbocycles. The van der Waals surface area contributed by atoms with Crippen molar-refractivity contribution in [2.75, 3.05) is 20.1 Å². The molecular formula is C31H37Cl2N3O4S. The minimum atomic E-state index is -3.69. The van der Waals surface area contributed by atoms with Crippen LogP contribution < -0.4 is 5.32 Å². The van der Waals surface area contributed by atoms with E-state index >= 15 is 0 Å². The minimum absolute atomic E-state index is 0.0320. The Bertz CT molecular complexity index is 1370. The molecule has 220 valence electrons. The SMILES string of the molecule is CCCCNC(=O)[C@H](Cc1ccccc1)N(Cc1c(Cl)cccc1Cl)C(=O)CCCN(C)S(=O)(=O)c1ccccc1. The molecular weight excluding hydrogens is 581 g/mol. The fourth-order valence-electron chi connectivity index (χ4n) is 4.40. The third kappa shape index (κ3) is 9.30. The largest absolute Gasteiger partial charge is 0.354 e. The molecule has 0 fully saturated rings. The number of unbranched alkanes of at least 4 members (excludes halogenated alkanes) is 1. The van der Waals surface area contributed by atoms with Gasteiger partial charge >= 0.3 is 0 Å². The second kappa shape index (κ2) is 15.9. The maximum atomic E-state index is 13.8. The van der Waals surface area contributed by atoms with Crippen LogP contribution in [0.2, 0.25) is 10.0 Å². The molecule has 0 spiro atoms. The van der Waals surface area contributed by atoms with E-state index in [0.717, 1.165) is 18.4 Å². The molecule has 1 N–H and O–H groups in total. The van der Waals surface area contributed by atoms with Gasteiger partial charge in [0.25, 0.3) is 0 Å². The van der Waals surface area contributed by atoms with Crippen LogP contribution in [-0.4, -0.2) is 55.6 Å². The molecule has 0 aromatic heterocycles. The number of benzene rings is 3. The van der Waals surface area contributed by atoms with Crippen molar-refractivity contribution in [3.63, 3.8) is 0 Å². The van der Waals surface area contributed by atoms with Crippen LogP contribution in [0.25, 0.3) is 0 Å². The third-order valence-electron chi connectivity index (χ3n) is 6.81. The summed E-state index contributed by atoms with van der Waals surface area (Å²) in [5.41, 5.74) is 1.45. The highest BCUT2D eigenvalue weighted by molar-refractivity contribution is 7.89. The average molecular weight is 619 g/mol. The van der Waals surface area contributed by atoms with Gasteiger partial charge in [0.1, 0.15) is 6.04 Å². The van der Waals surface area contributed by atoms with Crippen molar-refractivity contribution in [2.45, 2.75) is 56.5 Å². The molecule has 0 aliphatic carbocycles. The van der Waals surface area contributed by atoms with Gasteiger partial charge in [-0.25, -0.2) is 12.7 Å². The maximum absolute atomic E-state index is 13.8. The monoisotopic (exact) mass is 617 g/mol. The number of hydrogen-bond acceptors (Lipinski definition) is 4. The van der Waals surface area contributed by atoms with Gasteiger partial charge in [-0.3, -0.25) is 9.59 Å². The molecule has 0 radical (unpaired) electrons. The number of hydrogen-bond donors (Lipinski definition) is 1. The predicted molar refractivity (Wildman–Crippen MR) is 164 cm³/mol. The van der Waals surface area contributed by atoms with E-state index < -0.39 is 16.1 Å². The van der Waals surface area contributed by atoms with Gasteiger partial charge in [0, 0.05) is 55.1 Å². The lowest BCUT2D eigenvalue weighted by atomic mass is 10.0. The van der Waals surface area contributed by atoms with Crippen molar-refractivity contribution in [1.29, 1.82) is 0 Å². The van der Waals surface area contributed by atoms with Gasteiger partial charge in [0.05, 0.1) is 4.90 Å². The highest BCUT2D eigenvalue weighted by atomic mass is 35.5. The van der Waals surface area contributed by atoms with Crippen LogP contribution in [0.3, 0.4) is 0 Å². The number of halogens is 2. The molecule has 2 amide bonds. The highest BCUT2D eigenvalue weighted by Gasteiger charge is 2.31. The zero-order chi connectivity index (χ0) is 29.8. The quantitative estimate of drug-likeness (QED) is 0.213. The molecule has 0 aliphatic heterocycles. The van der Waals surface area contributed by atoms with Crippen LogP contribution in [0, 0.1) is 0 Å². The Balaban J connectivity index is 1.86. The maximum Gasteiger partial charge on any atom is 0.243 e. The number of carbonyl (C=O) groups excluding carboxylic acids is 2. The van der Waals surface area contributed by atoms with Crippen molar-refractivity contribution in [2.24, 2.45) is 0 Å². The zero-order valence-electron chi connectivity index (χ0n) is 23.4. The summed E-state index contributed by atoms with van der Waals surface area (Å²) in [4.78, 5) is 29.1. The summed E-state index contributed by atoms with van der Waals surface area (Å²) in [6, 6.07) is 22.0. The summed E-state index contributed by atoms with van der Waals surface area (Å²) >= 11 is 13.0. The van der Waals surface area contributed by atoms with Crippen LogP contribution in [0.15, 0.2) is 83.8 Å². The molecule has 0 unspecified atom stereocenters. The van der Waals surface area contributed by atoms with Gasteiger partial charge < -0.3 is 10.2 Å². The number of carbonyl (C=O) groups is 2. The van der Waals surface area contributed by atoms with Crippen LogP contribution in [-0.2, 0) is 32.6 Å². The molecule has 10 heteroatoms. The minimum Gasteiger partial charge on any atom is -0.354 e. The van der Waals surface area contributed by atoms with Gasteiger partial charge in [-0.2, -0.15) is 0 Å². The Labute approximate surface area is 253 Å². The molecule has 0 saturated carbocycles. The summed E-state index contributed by atoms with van der Waals surface area (Å²) in [6.45, 7) is 2.71. The Morgan fingerprint density at radius 2 is 1.49 bits per heavy atom. The predicted octanol–water partition coefficient (Wildman–Crippen LogP) is 5.95. The molecule has 7 nitrogen and oxygen atoms in total. The molecule has 0 aliphatic rings. The topological polar surface area (TPSA) is 86.8 Å². The summed E-state index contributed by atoms with van der Waals surface area (Å²) in [5, 5.41) is 3.77. The van der Waals surface area contributed by atoms with Crippen LogP contribution in [0.1, 0.15) is 43.7 Å². The Morgan fingerprint density at radius 1 is 0.878 bits per heavy atom. The van der Waals surface area contributed by atoms with Crippen LogP contribution in [0.4, 0.5) is 0 Å². The molecule has 3 rings (SSSR count). The second-order valence-electron chi connectivity index (χ2n) is 9.82. The van der Waals surface area contributed by atoms with E-state index in [1.54, 1.807) is 36.4 Å². The summed E-state index contributed by atoms with van der Waals surface area (Å²) in [7, 11) is -2.20. The molecule has 0 heterocycles. The first kappa shape index (κ1) is 32.6. The summed E-state index contributed by atoms with van der Waals surface area (Å²) in [5.74, 6) is -0.555. The number of sulfonamides is 1. The molecule has 1 atom stereocenters. The standard InChI is InChI=1S/C31H37Cl2N3O4S/c1-3-4-20-34-31(38)29(22-24-13-7-5-8-14-24)36(23-26-27(32)17-11-18-28(26)33)30(37)19-12-21-35(2)41(39,40)25-15-9-6-10-16-25/h5-11,13-18,29H,3-4,12,19-23H2,1-2H3,(H,34,38)/t29-/m0/s1. The van der Waals surface area contributed by atoms with Gasteiger partial charge in [-0.15, -0.1) is 0 Å². The summed E-state index contributed by atoms with van der Waals surface area (Å²) in [6.07, 6.45) is 2.33. The van der Waals surface area contributed by atoms with Crippen LogP contribution >= 0.6 is 23.2 Å². The fraction of sp³-hybridized carbons (Fsp3) is 0.355. The van der Waals surface area contributed by atoms with E-state index in [1.165, 1.54) is 28.4 Å². The zero-order valence-corrected chi connectivity index (χ0v) is 25.8.